The van der Waals surface area contributed by atoms with Gasteiger partial charge in [0.15, 0.2) is 5.82 Å². The molecule has 0 spiro atoms. The third-order valence-corrected chi connectivity index (χ3v) is 7.50. The quantitative estimate of drug-likeness (QED) is 0.554. The summed E-state index contributed by atoms with van der Waals surface area (Å²) in [5.41, 5.74) is 0.532. The molecule has 2 aromatic heterocycles. The van der Waals surface area contributed by atoms with E-state index in [2.05, 4.69) is 43.4 Å². The SMILES string of the molecule is COc1cc(Nc2cc(CO)[nH]n2)nc(N(C)[C@H]2C[C@H]3CCC[C@@H](C2)N3CC2(C#N)CC2)n1. The zero-order chi connectivity index (χ0) is 23.0. The van der Waals surface area contributed by atoms with Gasteiger partial charge in [-0.3, -0.25) is 10.00 Å². The number of hydrogen-bond donors (Lipinski definition) is 3. The van der Waals surface area contributed by atoms with Gasteiger partial charge < -0.3 is 20.1 Å². The highest BCUT2D eigenvalue weighted by atomic mass is 16.5. The molecule has 10 nitrogen and oxygen atoms in total. The number of aromatic nitrogens is 4. The van der Waals surface area contributed by atoms with Gasteiger partial charge in [-0.05, 0) is 38.5 Å². The molecule has 0 radical (unpaired) electrons. The van der Waals surface area contributed by atoms with Crippen molar-refractivity contribution in [1.82, 2.24) is 25.1 Å². The summed E-state index contributed by atoms with van der Waals surface area (Å²) in [6, 6.07) is 7.41. The van der Waals surface area contributed by atoms with Crippen LogP contribution in [0, 0.1) is 16.7 Å². The number of rotatable bonds is 8. The molecule has 3 fully saturated rings. The minimum Gasteiger partial charge on any atom is -0.481 e. The van der Waals surface area contributed by atoms with Crippen molar-refractivity contribution in [3.63, 3.8) is 0 Å². The lowest BCUT2D eigenvalue weighted by molar-refractivity contribution is 0.0202. The molecule has 0 unspecified atom stereocenters. The van der Waals surface area contributed by atoms with Crippen LogP contribution in [0.3, 0.4) is 0 Å². The average molecular weight is 453 g/mol. The molecule has 0 aromatic carbocycles. The molecule has 2 bridgehead atoms. The molecule has 10 heteroatoms. The summed E-state index contributed by atoms with van der Waals surface area (Å²) in [7, 11) is 3.66. The van der Waals surface area contributed by atoms with Crippen molar-refractivity contribution < 1.29 is 9.84 Å². The summed E-state index contributed by atoms with van der Waals surface area (Å²) in [6.07, 6.45) is 7.86. The van der Waals surface area contributed by atoms with E-state index in [9.17, 15) is 10.4 Å². The number of anilines is 3. The van der Waals surface area contributed by atoms with Crippen LogP contribution < -0.4 is 15.0 Å². The summed E-state index contributed by atoms with van der Waals surface area (Å²) >= 11 is 0. The number of aliphatic hydroxyl groups is 1. The molecule has 3 N–H and O–H groups in total. The molecule has 2 aliphatic heterocycles. The van der Waals surface area contributed by atoms with E-state index in [1.54, 1.807) is 19.2 Å². The number of nitriles is 1. The number of nitrogens with one attached hydrogen (secondary N) is 2. The van der Waals surface area contributed by atoms with Gasteiger partial charge in [-0.1, -0.05) is 6.42 Å². The van der Waals surface area contributed by atoms with Crippen LogP contribution in [-0.2, 0) is 6.61 Å². The lowest BCUT2D eigenvalue weighted by atomic mass is 9.80. The summed E-state index contributed by atoms with van der Waals surface area (Å²) < 4.78 is 5.44. The van der Waals surface area contributed by atoms with Crippen molar-refractivity contribution in [3.8, 4) is 11.9 Å². The fraction of sp³-hybridized carbons (Fsp3) is 0.652. The van der Waals surface area contributed by atoms with Gasteiger partial charge in [0.05, 0.1) is 30.9 Å². The number of hydrogen-bond acceptors (Lipinski definition) is 9. The van der Waals surface area contributed by atoms with Crippen molar-refractivity contribution in [1.29, 1.82) is 5.26 Å². The number of aromatic amines is 1. The number of fused-ring (bicyclic) bond motifs is 2. The Bertz CT molecular complexity index is 1020. The highest BCUT2D eigenvalue weighted by molar-refractivity contribution is 5.55. The van der Waals surface area contributed by atoms with Crippen LogP contribution in [0.2, 0.25) is 0 Å². The van der Waals surface area contributed by atoms with Gasteiger partial charge in [0, 0.05) is 43.9 Å². The molecule has 2 aromatic rings. The zero-order valence-electron chi connectivity index (χ0n) is 19.3. The van der Waals surface area contributed by atoms with Gasteiger partial charge in [0.25, 0.3) is 0 Å². The van der Waals surface area contributed by atoms with Crippen LogP contribution in [0.4, 0.5) is 17.6 Å². The maximum Gasteiger partial charge on any atom is 0.230 e. The molecule has 1 saturated carbocycles. The number of nitrogens with zero attached hydrogens (tertiary/aromatic N) is 6. The van der Waals surface area contributed by atoms with Gasteiger partial charge in [-0.2, -0.15) is 20.3 Å². The molecule has 176 valence electrons. The molecule has 5 rings (SSSR count). The van der Waals surface area contributed by atoms with E-state index in [4.69, 9.17) is 9.72 Å². The molecule has 3 atom stereocenters. The Balaban J connectivity index is 1.32. The first-order chi connectivity index (χ1) is 16.0. The van der Waals surface area contributed by atoms with E-state index >= 15 is 0 Å². The summed E-state index contributed by atoms with van der Waals surface area (Å²) in [4.78, 5) is 14.2. The van der Waals surface area contributed by atoms with Gasteiger partial charge >= 0.3 is 0 Å². The topological polar surface area (TPSA) is 126 Å². The van der Waals surface area contributed by atoms with E-state index in [1.165, 1.54) is 19.3 Å². The van der Waals surface area contributed by atoms with E-state index in [0.29, 0.717) is 47.3 Å². The van der Waals surface area contributed by atoms with Crippen molar-refractivity contribution in [2.75, 3.05) is 30.9 Å². The maximum atomic E-state index is 9.60. The molecule has 0 amide bonds. The number of piperidine rings is 2. The Hall–Kier alpha value is -2.90. The Kier molecular flexibility index (Phi) is 5.85. The lowest BCUT2D eigenvalue weighted by Crippen LogP contribution is -2.57. The maximum absolute atomic E-state index is 9.60. The largest absolute Gasteiger partial charge is 0.481 e. The molecule has 1 aliphatic carbocycles. The number of H-pyrrole nitrogens is 1. The van der Waals surface area contributed by atoms with Crippen molar-refractivity contribution in [3.05, 3.63) is 17.8 Å². The second kappa shape index (κ2) is 8.80. The van der Waals surface area contributed by atoms with Crippen LogP contribution >= 0.6 is 0 Å². The summed E-state index contributed by atoms with van der Waals surface area (Å²) in [5, 5.41) is 28.9. The van der Waals surface area contributed by atoms with E-state index in [1.807, 2.05) is 0 Å². The average Bonchev–Trinajstić information content (AvgIpc) is 3.46. The van der Waals surface area contributed by atoms with Crippen molar-refractivity contribution in [2.45, 2.75) is 69.7 Å². The zero-order valence-corrected chi connectivity index (χ0v) is 19.3. The van der Waals surface area contributed by atoms with Crippen LogP contribution in [0.5, 0.6) is 5.88 Å². The van der Waals surface area contributed by atoms with E-state index in [0.717, 1.165) is 32.2 Å². The smallest absolute Gasteiger partial charge is 0.230 e. The Morgan fingerprint density at radius 3 is 2.64 bits per heavy atom. The van der Waals surface area contributed by atoms with Gasteiger partial charge in [0.2, 0.25) is 11.8 Å². The first kappa shape index (κ1) is 21.9. The summed E-state index contributed by atoms with van der Waals surface area (Å²) in [5.74, 6) is 2.25. The van der Waals surface area contributed by atoms with Crippen molar-refractivity contribution >= 4 is 17.6 Å². The van der Waals surface area contributed by atoms with Gasteiger partial charge in [0.1, 0.15) is 5.82 Å². The molecule has 33 heavy (non-hydrogen) atoms. The van der Waals surface area contributed by atoms with Crippen LogP contribution in [-0.4, -0.2) is 69.0 Å². The highest BCUT2D eigenvalue weighted by Gasteiger charge is 2.49. The minimum atomic E-state index is -0.105. The molecular formula is C23H32N8O2. The molecule has 3 aliphatic rings. The normalized spacial score (nSPS) is 25.8. The first-order valence-corrected chi connectivity index (χ1v) is 11.8. The fourth-order valence-corrected chi connectivity index (χ4v) is 5.37. The second-order valence-electron chi connectivity index (χ2n) is 9.70. The number of aliphatic hydroxyl groups excluding tert-OH is 1. The van der Waals surface area contributed by atoms with Crippen LogP contribution in [0.25, 0.3) is 0 Å². The first-order valence-electron chi connectivity index (χ1n) is 11.8. The Morgan fingerprint density at radius 2 is 2.03 bits per heavy atom. The predicted octanol–water partition coefficient (Wildman–Crippen LogP) is 2.57. The minimum absolute atomic E-state index is 0.0921. The van der Waals surface area contributed by atoms with Crippen molar-refractivity contribution in [2.24, 2.45) is 5.41 Å². The van der Waals surface area contributed by atoms with E-state index < -0.39 is 0 Å². The Morgan fingerprint density at radius 1 is 1.27 bits per heavy atom. The number of methoxy groups -OCH3 is 1. The van der Waals surface area contributed by atoms with Crippen LogP contribution in [0.15, 0.2) is 12.1 Å². The third-order valence-electron chi connectivity index (χ3n) is 7.50. The van der Waals surface area contributed by atoms with Crippen LogP contribution in [0.1, 0.15) is 50.6 Å². The third kappa shape index (κ3) is 4.48. The molecule has 4 heterocycles. The van der Waals surface area contributed by atoms with Gasteiger partial charge in [-0.15, -0.1) is 0 Å². The van der Waals surface area contributed by atoms with Gasteiger partial charge in [-0.25, -0.2) is 0 Å². The molecule has 2 saturated heterocycles. The fourth-order valence-electron chi connectivity index (χ4n) is 5.37. The standard InChI is InChI=1S/C23H32N8O2/c1-30(18-9-16-4-3-5-17(10-18)31(16)14-23(13-24)6-7-23)22-26-19(11-21(27-22)33-2)25-20-8-15(12-32)28-29-20/h8,11,16-18,32H,3-7,9-10,12,14H2,1-2H3,(H2,25,26,27,28,29)/t16-,17+,18+. The highest BCUT2D eigenvalue weighted by Crippen LogP contribution is 2.48. The monoisotopic (exact) mass is 452 g/mol. The lowest BCUT2D eigenvalue weighted by Gasteiger charge is -2.51. The predicted molar refractivity (Wildman–Crippen MR) is 123 cm³/mol. The van der Waals surface area contributed by atoms with E-state index in [-0.39, 0.29) is 12.0 Å². The Labute approximate surface area is 194 Å². The second-order valence-corrected chi connectivity index (χ2v) is 9.70. The summed E-state index contributed by atoms with van der Waals surface area (Å²) in [6.45, 7) is 0.824. The number of ether oxygens (including phenoxy) is 1. The molecular weight excluding hydrogens is 420 g/mol.